The Morgan fingerprint density at radius 3 is 2.55 bits per heavy atom. The summed E-state index contributed by atoms with van der Waals surface area (Å²) in [5, 5.41) is 13.9. The molecule has 2 aromatic rings. The van der Waals surface area contributed by atoms with Gasteiger partial charge in [0.05, 0.1) is 6.04 Å². The molecule has 0 spiro atoms. The van der Waals surface area contributed by atoms with E-state index in [1.165, 1.54) is 12.8 Å². The fourth-order valence-corrected chi connectivity index (χ4v) is 2.48. The molecule has 1 aliphatic carbocycles. The summed E-state index contributed by atoms with van der Waals surface area (Å²) in [7, 11) is 0. The standard InChI is InChI=1S/C16H18N2O2/c1-10-3-5-13(6-4-10)15-14(16(19)20)9-18(17-15)11(2)12-7-8-12/h3-6,9,11-12H,7-8H2,1-2H3,(H,19,20). The lowest BCUT2D eigenvalue weighted by atomic mass is 10.1. The van der Waals surface area contributed by atoms with Gasteiger partial charge >= 0.3 is 5.97 Å². The summed E-state index contributed by atoms with van der Waals surface area (Å²) in [6.45, 7) is 4.12. The zero-order valence-corrected chi connectivity index (χ0v) is 11.7. The van der Waals surface area contributed by atoms with Crippen molar-refractivity contribution in [3.8, 4) is 11.3 Å². The van der Waals surface area contributed by atoms with Crippen LogP contribution in [-0.2, 0) is 0 Å². The van der Waals surface area contributed by atoms with Crippen LogP contribution in [0.2, 0.25) is 0 Å². The Bertz CT molecular complexity index is 639. The number of carbonyl (C=O) groups is 1. The molecule has 1 saturated carbocycles. The first-order chi connectivity index (χ1) is 9.56. The molecule has 1 aliphatic rings. The van der Waals surface area contributed by atoms with Crippen LogP contribution >= 0.6 is 0 Å². The maximum Gasteiger partial charge on any atom is 0.339 e. The van der Waals surface area contributed by atoms with E-state index in [4.69, 9.17) is 0 Å². The summed E-state index contributed by atoms with van der Waals surface area (Å²) >= 11 is 0. The van der Waals surface area contributed by atoms with Crippen LogP contribution in [-0.4, -0.2) is 20.9 Å². The lowest BCUT2D eigenvalue weighted by Crippen LogP contribution is -2.07. The number of rotatable bonds is 4. The van der Waals surface area contributed by atoms with Crippen LogP contribution in [0.4, 0.5) is 0 Å². The smallest absolute Gasteiger partial charge is 0.339 e. The second-order valence-corrected chi connectivity index (χ2v) is 5.62. The first kappa shape index (κ1) is 12.9. The molecule has 1 unspecified atom stereocenters. The predicted molar refractivity (Wildman–Crippen MR) is 76.8 cm³/mol. The van der Waals surface area contributed by atoms with Crippen molar-refractivity contribution in [1.82, 2.24) is 9.78 Å². The van der Waals surface area contributed by atoms with Crippen LogP contribution in [0.1, 0.15) is 41.7 Å². The van der Waals surface area contributed by atoms with E-state index < -0.39 is 5.97 Å². The van der Waals surface area contributed by atoms with Gasteiger partial charge in [0, 0.05) is 11.8 Å². The second-order valence-electron chi connectivity index (χ2n) is 5.62. The Balaban J connectivity index is 2.03. The fourth-order valence-electron chi connectivity index (χ4n) is 2.48. The molecule has 1 aromatic heterocycles. The van der Waals surface area contributed by atoms with E-state index in [1.54, 1.807) is 6.20 Å². The summed E-state index contributed by atoms with van der Waals surface area (Å²) in [6.07, 6.45) is 4.09. The molecular weight excluding hydrogens is 252 g/mol. The summed E-state index contributed by atoms with van der Waals surface area (Å²) in [4.78, 5) is 11.4. The molecule has 1 heterocycles. The zero-order chi connectivity index (χ0) is 14.3. The first-order valence-electron chi connectivity index (χ1n) is 6.95. The highest BCUT2D eigenvalue weighted by atomic mass is 16.4. The number of hydrogen-bond acceptors (Lipinski definition) is 2. The summed E-state index contributed by atoms with van der Waals surface area (Å²) in [5.41, 5.74) is 2.84. The monoisotopic (exact) mass is 270 g/mol. The Morgan fingerprint density at radius 1 is 1.35 bits per heavy atom. The van der Waals surface area contributed by atoms with Gasteiger partial charge < -0.3 is 5.11 Å². The second kappa shape index (κ2) is 4.78. The van der Waals surface area contributed by atoms with Gasteiger partial charge in [-0.1, -0.05) is 29.8 Å². The molecule has 104 valence electrons. The number of nitrogens with zero attached hydrogens (tertiary/aromatic N) is 2. The molecule has 0 saturated heterocycles. The molecule has 20 heavy (non-hydrogen) atoms. The summed E-state index contributed by atoms with van der Waals surface area (Å²) in [5.74, 6) is -0.280. The van der Waals surface area contributed by atoms with Crippen LogP contribution in [0.5, 0.6) is 0 Å². The minimum atomic E-state index is -0.921. The van der Waals surface area contributed by atoms with Gasteiger partial charge in [-0.2, -0.15) is 5.10 Å². The van der Waals surface area contributed by atoms with Gasteiger partial charge in [0.25, 0.3) is 0 Å². The van der Waals surface area contributed by atoms with Crippen molar-refractivity contribution in [2.45, 2.75) is 32.7 Å². The molecule has 1 atom stereocenters. The summed E-state index contributed by atoms with van der Waals surface area (Å²) < 4.78 is 1.82. The largest absolute Gasteiger partial charge is 0.478 e. The van der Waals surface area contributed by atoms with Gasteiger partial charge in [-0.3, -0.25) is 4.68 Å². The third kappa shape index (κ3) is 2.33. The molecule has 1 aromatic carbocycles. The van der Waals surface area contributed by atoms with Crippen molar-refractivity contribution in [3.05, 3.63) is 41.6 Å². The molecule has 4 heteroatoms. The van der Waals surface area contributed by atoms with E-state index in [0.29, 0.717) is 11.6 Å². The number of benzene rings is 1. The Hall–Kier alpha value is -2.10. The molecule has 0 radical (unpaired) electrons. The Labute approximate surface area is 118 Å². The minimum Gasteiger partial charge on any atom is -0.478 e. The third-order valence-electron chi connectivity index (χ3n) is 4.01. The van der Waals surface area contributed by atoms with Gasteiger partial charge in [-0.25, -0.2) is 4.79 Å². The number of aromatic carboxylic acids is 1. The lowest BCUT2D eigenvalue weighted by molar-refractivity contribution is 0.0697. The Morgan fingerprint density at radius 2 is 2.00 bits per heavy atom. The normalized spacial score (nSPS) is 16.1. The van der Waals surface area contributed by atoms with Gasteiger partial charge in [0.15, 0.2) is 0 Å². The molecule has 1 fully saturated rings. The molecular formula is C16H18N2O2. The van der Waals surface area contributed by atoms with Crippen LogP contribution in [0.3, 0.4) is 0 Å². The number of hydrogen-bond donors (Lipinski definition) is 1. The van der Waals surface area contributed by atoms with Crippen LogP contribution in [0.25, 0.3) is 11.3 Å². The van der Waals surface area contributed by atoms with Crippen molar-refractivity contribution >= 4 is 5.97 Å². The van der Waals surface area contributed by atoms with Crippen molar-refractivity contribution in [3.63, 3.8) is 0 Å². The van der Waals surface area contributed by atoms with Gasteiger partial charge in [-0.05, 0) is 32.6 Å². The zero-order valence-electron chi connectivity index (χ0n) is 11.7. The topological polar surface area (TPSA) is 55.1 Å². The van der Waals surface area contributed by atoms with Gasteiger partial charge in [-0.15, -0.1) is 0 Å². The van der Waals surface area contributed by atoms with E-state index in [1.807, 2.05) is 35.9 Å². The molecule has 3 rings (SSSR count). The van der Waals surface area contributed by atoms with E-state index in [9.17, 15) is 9.90 Å². The fraction of sp³-hybridized carbons (Fsp3) is 0.375. The first-order valence-corrected chi connectivity index (χ1v) is 6.95. The van der Waals surface area contributed by atoms with Crippen LogP contribution in [0, 0.1) is 12.8 Å². The maximum atomic E-state index is 11.4. The minimum absolute atomic E-state index is 0.271. The van der Waals surface area contributed by atoms with Crippen molar-refractivity contribution < 1.29 is 9.90 Å². The van der Waals surface area contributed by atoms with E-state index in [2.05, 4.69) is 12.0 Å². The molecule has 0 bridgehead atoms. The molecule has 0 aliphatic heterocycles. The number of aryl methyl sites for hydroxylation is 1. The average Bonchev–Trinajstić information content (AvgIpc) is 3.17. The highest BCUT2D eigenvalue weighted by Crippen LogP contribution is 2.39. The van der Waals surface area contributed by atoms with Crippen molar-refractivity contribution in [1.29, 1.82) is 0 Å². The SMILES string of the molecule is Cc1ccc(-c2nn(C(C)C3CC3)cc2C(=O)O)cc1. The molecule has 4 nitrogen and oxygen atoms in total. The lowest BCUT2D eigenvalue weighted by Gasteiger charge is -2.09. The summed E-state index contributed by atoms with van der Waals surface area (Å²) in [6, 6.07) is 8.08. The van der Waals surface area contributed by atoms with E-state index >= 15 is 0 Å². The van der Waals surface area contributed by atoms with Crippen LogP contribution < -0.4 is 0 Å². The number of carboxylic acid groups (broad SMARTS) is 1. The van der Waals surface area contributed by atoms with Crippen molar-refractivity contribution in [2.75, 3.05) is 0 Å². The van der Waals surface area contributed by atoms with Gasteiger partial charge in [0.2, 0.25) is 0 Å². The van der Waals surface area contributed by atoms with Gasteiger partial charge in [0.1, 0.15) is 11.3 Å². The predicted octanol–water partition coefficient (Wildman–Crippen LogP) is 3.53. The Kier molecular flexibility index (Phi) is 3.08. The van der Waals surface area contributed by atoms with E-state index in [-0.39, 0.29) is 11.6 Å². The average molecular weight is 270 g/mol. The van der Waals surface area contributed by atoms with E-state index in [0.717, 1.165) is 11.1 Å². The highest BCUT2D eigenvalue weighted by Gasteiger charge is 2.31. The van der Waals surface area contributed by atoms with Crippen molar-refractivity contribution in [2.24, 2.45) is 5.92 Å². The number of carboxylic acids is 1. The van der Waals surface area contributed by atoms with Crippen LogP contribution in [0.15, 0.2) is 30.5 Å². The highest BCUT2D eigenvalue weighted by molar-refractivity contribution is 5.94. The number of aromatic nitrogens is 2. The molecule has 1 N–H and O–H groups in total. The maximum absolute atomic E-state index is 11.4. The third-order valence-corrected chi connectivity index (χ3v) is 4.01. The molecule has 0 amide bonds. The quantitative estimate of drug-likeness (QED) is 0.924.